The van der Waals surface area contributed by atoms with Crippen molar-refractivity contribution >= 4 is 0 Å². The fourth-order valence-corrected chi connectivity index (χ4v) is 2.28. The van der Waals surface area contributed by atoms with Crippen molar-refractivity contribution in [3.05, 3.63) is 35.1 Å². The van der Waals surface area contributed by atoms with Crippen molar-refractivity contribution in [1.29, 1.82) is 0 Å². The van der Waals surface area contributed by atoms with E-state index in [4.69, 9.17) is 4.74 Å². The van der Waals surface area contributed by atoms with E-state index in [0.717, 1.165) is 24.0 Å². The highest BCUT2D eigenvalue weighted by Crippen LogP contribution is 2.31. The van der Waals surface area contributed by atoms with Crippen LogP contribution in [0.5, 0.6) is 0 Å². The minimum absolute atomic E-state index is 0.177. The summed E-state index contributed by atoms with van der Waals surface area (Å²) >= 11 is 0. The lowest BCUT2D eigenvalue weighted by molar-refractivity contribution is 0.0182. The Labute approximate surface area is 104 Å². The van der Waals surface area contributed by atoms with Crippen LogP contribution in [0, 0.1) is 5.82 Å². The van der Waals surface area contributed by atoms with E-state index >= 15 is 0 Å². The Kier molecular flexibility index (Phi) is 4.60. The molecule has 1 unspecified atom stereocenters. The average Bonchev–Trinajstić information content (AvgIpc) is 2.70. The molecule has 18 heavy (non-hydrogen) atoms. The van der Waals surface area contributed by atoms with Gasteiger partial charge in [0.05, 0.1) is 6.61 Å². The lowest BCUT2D eigenvalue weighted by Gasteiger charge is -2.14. The number of nitrogens with one attached hydrogen (secondary N) is 1. The third kappa shape index (κ3) is 3.46. The molecule has 0 heterocycles. The van der Waals surface area contributed by atoms with Gasteiger partial charge in [-0.05, 0) is 36.1 Å². The van der Waals surface area contributed by atoms with Crippen LogP contribution < -0.4 is 5.32 Å². The van der Waals surface area contributed by atoms with Crippen LogP contribution in [0.3, 0.4) is 0 Å². The van der Waals surface area contributed by atoms with Crippen LogP contribution in [-0.4, -0.2) is 26.2 Å². The Morgan fingerprint density at radius 1 is 1.39 bits per heavy atom. The number of aryl methyl sites for hydroxylation is 1. The molecular weight excluding hydrogens is 243 g/mol. The van der Waals surface area contributed by atoms with Crippen molar-refractivity contribution in [2.24, 2.45) is 0 Å². The molecule has 100 valence electrons. The number of hydrogen-bond donors (Lipinski definition) is 1. The molecule has 1 atom stereocenters. The molecule has 0 amide bonds. The summed E-state index contributed by atoms with van der Waals surface area (Å²) in [6, 6.07) is 4.97. The Hall–Kier alpha value is -1.07. The third-order valence-corrected chi connectivity index (χ3v) is 3.06. The van der Waals surface area contributed by atoms with E-state index < -0.39 is 13.0 Å². The summed E-state index contributed by atoms with van der Waals surface area (Å²) in [5.74, 6) is -0.213. The predicted molar refractivity (Wildman–Crippen MR) is 62.3 cm³/mol. The molecule has 2 rings (SSSR count). The second kappa shape index (κ2) is 6.20. The largest absolute Gasteiger partial charge is 0.374 e. The third-order valence-electron chi connectivity index (χ3n) is 3.06. The van der Waals surface area contributed by atoms with Gasteiger partial charge in [0.25, 0.3) is 6.43 Å². The van der Waals surface area contributed by atoms with Crippen LogP contribution in [-0.2, 0) is 11.2 Å². The van der Waals surface area contributed by atoms with Gasteiger partial charge in [0.15, 0.2) is 0 Å². The average molecular weight is 259 g/mol. The van der Waals surface area contributed by atoms with Gasteiger partial charge < -0.3 is 10.1 Å². The van der Waals surface area contributed by atoms with Crippen LogP contribution in [0.4, 0.5) is 13.2 Å². The summed E-state index contributed by atoms with van der Waals surface area (Å²) in [7, 11) is 0. The highest BCUT2D eigenvalue weighted by atomic mass is 19.3. The zero-order chi connectivity index (χ0) is 13.0. The molecule has 0 saturated carbocycles. The molecule has 0 saturated heterocycles. The second-order valence-corrected chi connectivity index (χ2v) is 4.35. The van der Waals surface area contributed by atoms with Crippen molar-refractivity contribution < 1.29 is 17.9 Å². The SMILES string of the molecule is Fc1ccc2c(c1)CCC2NCCOCC(F)F. The Morgan fingerprint density at radius 2 is 2.22 bits per heavy atom. The van der Waals surface area contributed by atoms with E-state index in [0.29, 0.717) is 6.54 Å². The van der Waals surface area contributed by atoms with Crippen molar-refractivity contribution in [3.8, 4) is 0 Å². The molecule has 5 heteroatoms. The zero-order valence-electron chi connectivity index (χ0n) is 9.96. The molecule has 0 aromatic heterocycles. The number of halogens is 3. The molecule has 0 fully saturated rings. The van der Waals surface area contributed by atoms with E-state index in [-0.39, 0.29) is 18.5 Å². The number of alkyl halides is 2. The monoisotopic (exact) mass is 259 g/mol. The summed E-state index contributed by atoms with van der Waals surface area (Å²) in [4.78, 5) is 0. The van der Waals surface area contributed by atoms with E-state index in [2.05, 4.69) is 5.32 Å². The first-order valence-corrected chi connectivity index (χ1v) is 6.04. The molecule has 0 bridgehead atoms. The molecule has 0 aliphatic heterocycles. The zero-order valence-corrected chi connectivity index (χ0v) is 9.96. The maximum Gasteiger partial charge on any atom is 0.261 e. The maximum atomic E-state index is 13.0. The van der Waals surface area contributed by atoms with Crippen molar-refractivity contribution in [2.75, 3.05) is 19.8 Å². The summed E-state index contributed by atoms with van der Waals surface area (Å²) in [5.41, 5.74) is 2.13. The van der Waals surface area contributed by atoms with Crippen molar-refractivity contribution in [1.82, 2.24) is 5.32 Å². The van der Waals surface area contributed by atoms with Crippen LogP contribution in [0.1, 0.15) is 23.6 Å². The van der Waals surface area contributed by atoms with Gasteiger partial charge >= 0.3 is 0 Å². The van der Waals surface area contributed by atoms with Crippen LogP contribution in [0.15, 0.2) is 18.2 Å². The first-order chi connectivity index (χ1) is 8.66. The summed E-state index contributed by atoms with van der Waals surface area (Å²) in [5, 5.41) is 3.24. The summed E-state index contributed by atoms with van der Waals surface area (Å²) in [6.45, 7) is 0.264. The van der Waals surface area contributed by atoms with E-state index in [9.17, 15) is 13.2 Å². The minimum Gasteiger partial charge on any atom is -0.374 e. The van der Waals surface area contributed by atoms with Crippen molar-refractivity contribution in [3.63, 3.8) is 0 Å². The van der Waals surface area contributed by atoms with Gasteiger partial charge in [-0.1, -0.05) is 6.07 Å². The molecule has 1 aliphatic carbocycles. The minimum atomic E-state index is -2.42. The summed E-state index contributed by atoms with van der Waals surface area (Å²) in [6.07, 6.45) is -0.656. The van der Waals surface area contributed by atoms with Crippen LogP contribution in [0.25, 0.3) is 0 Å². The van der Waals surface area contributed by atoms with Gasteiger partial charge in [0.2, 0.25) is 0 Å². The highest BCUT2D eigenvalue weighted by molar-refractivity contribution is 5.34. The standard InChI is InChI=1S/C13H16F3NO/c14-10-2-3-11-9(7-10)1-4-12(11)17-5-6-18-8-13(15)16/h2-3,7,12-13,17H,1,4-6,8H2. The highest BCUT2D eigenvalue weighted by Gasteiger charge is 2.21. The number of ether oxygens (including phenoxy) is 1. The molecule has 1 aromatic rings. The van der Waals surface area contributed by atoms with Gasteiger partial charge in [-0.2, -0.15) is 0 Å². The topological polar surface area (TPSA) is 21.3 Å². The van der Waals surface area contributed by atoms with Gasteiger partial charge in [-0.25, -0.2) is 13.2 Å². The number of rotatable bonds is 6. The Bertz CT molecular complexity index is 398. The van der Waals surface area contributed by atoms with Crippen LogP contribution >= 0.6 is 0 Å². The van der Waals surface area contributed by atoms with E-state index in [1.54, 1.807) is 12.1 Å². The second-order valence-electron chi connectivity index (χ2n) is 4.35. The lowest BCUT2D eigenvalue weighted by Crippen LogP contribution is -2.24. The maximum absolute atomic E-state index is 13.0. The lowest BCUT2D eigenvalue weighted by atomic mass is 10.1. The van der Waals surface area contributed by atoms with E-state index in [1.807, 2.05) is 0 Å². The number of hydrogen-bond acceptors (Lipinski definition) is 2. The van der Waals surface area contributed by atoms with Gasteiger partial charge in [-0.3, -0.25) is 0 Å². The normalized spacial score (nSPS) is 18.3. The van der Waals surface area contributed by atoms with Gasteiger partial charge in [-0.15, -0.1) is 0 Å². The van der Waals surface area contributed by atoms with E-state index in [1.165, 1.54) is 6.07 Å². The van der Waals surface area contributed by atoms with Gasteiger partial charge in [0.1, 0.15) is 12.4 Å². The number of fused-ring (bicyclic) bond motifs is 1. The predicted octanol–water partition coefficient (Wildman–Crippen LogP) is 2.68. The molecule has 1 N–H and O–H groups in total. The molecule has 0 radical (unpaired) electrons. The fraction of sp³-hybridized carbons (Fsp3) is 0.538. The summed E-state index contributed by atoms with van der Waals surface area (Å²) < 4.78 is 41.4. The van der Waals surface area contributed by atoms with Crippen LogP contribution in [0.2, 0.25) is 0 Å². The quantitative estimate of drug-likeness (QED) is 0.793. The molecule has 1 aromatic carbocycles. The smallest absolute Gasteiger partial charge is 0.261 e. The Balaban J connectivity index is 1.76. The molecule has 2 nitrogen and oxygen atoms in total. The Morgan fingerprint density at radius 3 is 3.00 bits per heavy atom. The first-order valence-electron chi connectivity index (χ1n) is 6.04. The van der Waals surface area contributed by atoms with Gasteiger partial charge in [0, 0.05) is 12.6 Å². The number of benzene rings is 1. The van der Waals surface area contributed by atoms with Crippen molar-refractivity contribution in [2.45, 2.75) is 25.3 Å². The molecule has 1 aliphatic rings. The molecular formula is C13H16F3NO. The first kappa shape index (κ1) is 13.4. The molecule has 0 spiro atoms. The fourth-order valence-electron chi connectivity index (χ4n) is 2.28.